The van der Waals surface area contributed by atoms with Gasteiger partial charge in [-0.1, -0.05) is 19.8 Å². The number of carboxylic acid groups (broad SMARTS) is 1. The lowest BCUT2D eigenvalue weighted by molar-refractivity contribution is 0.0695. The number of aromatic carboxylic acids is 1. The molecular formula is C13H20N2O2. The molecule has 0 bridgehead atoms. The molecule has 0 atom stereocenters. The Labute approximate surface area is 102 Å². The topological polar surface area (TPSA) is 53.4 Å². The van der Waals surface area contributed by atoms with E-state index in [0.717, 1.165) is 18.8 Å². The van der Waals surface area contributed by atoms with Crippen molar-refractivity contribution >= 4 is 11.8 Å². The summed E-state index contributed by atoms with van der Waals surface area (Å²) in [5, 5.41) is 8.91. The predicted molar refractivity (Wildman–Crippen MR) is 68.7 cm³/mol. The number of anilines is 1. The standard InChI is InChI=1S/C13H20N2O2/c1-4-5-6-9-15(3)12-8-7-11(13(16)17)10(2)14-12/h7-8H,4-6,9H2,1-3H3,(H,16,17). The summed E-state index contributed by atoms with van der Waals surface area (Å²) in [6.45, 7) is 4.85. The van der Waals surface area contributed by atoms with E-state index in [4.69, 9.17) is 5.11 Å². The van der Waals surface area contributed by atoms with Crippen molar-refractivity contribution in [3.8, 4) is 0 Å². The first-order valence-electron chi connectivity index (χ1n) is 5.98. The number of carbonyl (C=O) groups is 1. The Morgan fingerprint density at radius 2 is 2.12 bits per heavy atom. The molecule has 0 saturated heterocycles. The minimum Gasteiger partial charge on any atom is -0.478 e. The van der Waals surface area contributed by atoms with Gasteiger partial charge in [-0.15, -0.1) is 0 Å². The predicted octanol–water partition coefficient (Wildman–Crippen LogP) is 2.71. The molecule has 0 fully saturated rings. The van der Waals surface area contributed by atoms with Crippen molar-refractivity contribution in [1.82, 2.24) is 4.98 Å². The molecule has 1 aromatic rings. The molecule has 1 rings (SSSR count). The molecule has 0 aromatic carbocycles. The molecule has 0 radical (unpaired) electrons. The molecule has 0 unspecified atom stereocenters. The van der Waals surface area contributed by atoms with Crippen LogP contribution in [0.4, 0.5) is 5.82 Å². The number of aromatic nitrogens is 1. The van der Waals surface area contributed by atoms with Crippen molar-refractivity contribution in [3.63, 3.8) is 0 Å². The largest absolute Gasteiger partial charge is 0.478 e. The summed E-state index contributed by atoms with van der Waals surface area (Å²) in [6, 6.07) is 3.39. The van der Waals surface area contributed by atoms with Crippen LogP contribution >= 0.6 is 0 Å². The third-order valence-electron chi connectivity index (χ3n) is 2.79. The maximum atomic E-state index is 10.9. The molecule has 1 N–H and O–H groups in total. The number of rotatable bonds is 6. The van der Waals surface area contributed by atoms with Crippen LogP contribution in [0.2, 0.25) is 0 Å². The fourth-order valence-corrected chi connectivity index (χ4v) is 1.70. The summed E-state index contributed by atoms with van der Waals surface area (Å²) in [7, 11) is 1.98. The SMILES string of the molecule is CCCCCN(C)c1ccc(C(=O)O)c(C)n1. The third kappa shape index (κ3) is 3.73. The van der Waals surface area contributed by atoms with Crippen LogP contribution in [0.25, 0.3) is 0 Å². The van der Waals surface area contributed by atoms with E-state index in [2.05, 4.69) is 16.8 Å². The summed E-state index contributed by atoms with van der Waals surface area (Å²) in [5.41, 5.74) is 0.841. The van der Waals surface area contributed by atoms with Crippen LogP contribution < -0.4 is 4.90 Å². The second-order valence-electron chi connectivity index (χ2n) is 4.24. The summed E-state index contributed by atoms with van der Waals surface area (Å²) in [4.78, 5) is 17.2. The lowest BCUT2D eigenvalue weighted by Gasteiger charge is -2.18. The number of hydrogen-bond donors (Lipinski definition) is 1. The van der Waals surface area contributed by atoms with Crippen LogP contribution in [0, 0.1) is 6.92 Å². The molecule has 17 heavy (non-hydrogen) atoms. The van der Waals surface area contributed by atoms with Gasteiger partial charge in [0, 0.05) is 13.6 Å². The average molecular weight is 236 g/mol. The van der Waals surface area contributed by atoms with Crippen molar-refractivity contribution < 1.29 is 9.90 Å². The van der Waals surface area contributed by atoms with Gasteiger partial charge in [0.2, 0.25) is 0 Å². The lowest BCUT2D eigenvalue weighted by Crippen LogP contribution is -2.20. The summed E-state index contributed by atoms with van der Waals surface area (Å²) in [5.74, 6) is -0.0845. The number of aryl methyl sites for hydroxylation is 1. The first-order chi connectivity index (χ1) is 8.06. The molecule has 0 aliphatic carbocycles. The normalized spacial score (nSPS) is 10.3. The molecular weight excluding hydrogens is 216 g/mol. The van der Waals surface area contributed by atoms with Gasteiger partial charge < -0.3 is 10.0 Å². The Morgan fingerprint density at radius 1 is 1.41 bits per heavy atom. The maximum Gasteiger partial charge on any atom is 0.337 e. The van der Waals surface area contributed by atoms with Crippen molar-refractivity contribution in [2.75, 3.05) is 18.5 Å². The Kier molecular flexibility index (Phi) is 4.94. The second kappa shape index (κ2) is 6.23. The lowest BCUT2D eigenvalue weighted by atomic mass is 10.2. The van der Waals surface area contributed by atoms with Gasteiger partial charge in [-0.05, 0) is 25.5 Å². The number of nitrogens with zero attached hydrogens (tertiary/aromatic N) is 2. The van der Waals surface area contributed by atoms with Crippen LogP contribution in [-0.4, -0.2) is 29.7 Å². The first-order valence-corrected chi connectivity index (χ1v) is 5.98. The summed E-state index contributed by atoms with van der Waals surface area (Å²) >= 11 is 0. The fourth-order valence-electron chi connectivity index (χ4n) is 1.70. The molecule has 0 saturated carbocycles. The molecule has 0 amide bonds. The van der Waals surface area contributed by atoms with E-state index in [1.54, 1.807) is 19.1 Å². The Balaban J connectivity index is 2.72. The number of pyridine rings is 1. The molecule has 4 nitrogen and oxygen atoms in total. The molecule has 4 heteroatoms. The van der Waals surface area contributed by atoms with Gasteiger partial charge in [-0.2, -0.15) is 0 Å². The number of unbranched alkanes of at least 4 members (excludes halogenated alkanes) is 2. The molecule has 0 aliphatic rings. The highest BCUT2D eigenvalue weighted by Crippen LogP contribution is 2.14. The van der Waals surface area contributed by atoms with Crippen molar-refractivity contribution in [2.24, 2.45) is 0 Å². The average Bonchev–Trinajstić information content (AvgIpc) is 2.28. The molecule has 94 valence electrons. The van der Waals surface area contributed by atoms with Crippen molar-refractivity contribution in [2.45, 2.75) is 33.1 Å². The first kappa shape index (κ1) is 13.5. The van der Waals surface area contributed by atoms with Gasteiger partial charge in [-0.25, -0.2) is 9.78 Å². The molecule has 0 spiro atoms. The summed E-state index contributed by atoms with van der Waals surface area (Å²) in [6.07, 6.45) is 3.53. The quantitative estimate of drug-likeness (QED) is 0.772. The van der Waals surface area contributed by atoms with Crippen LogP contribution in [0.3, 0.4) is 0 Å². The third-order valence-corrected chi connectivity index (χ3v) is 2.79. The van der Waals surface area contributed by atoms with Gasteiger partial charge in [-0.3, -0.25) is 0 Å². The summed E-state index contributed by atoms with van der Waals surface area (Å²) < 4.78 is 0. The Morgan fingerprint density at radius 3 is 2.65 bits per heavy atom. The van der Waals surface area contributed by atoms with Gasteiger partial charge in [0.25, 0.3) is 0 Å². The molecule has 1 heterocycles. The van der Waals surface area contributed by atoms with Gasteiger partial charge in [0.05, 0.1) is 11.3 Å². The Hall–Kier alpha value is -1.58. The smallest absolute Gasteiger partial charge is 0.337 e. The zero-order chi connectivity index (χ0) is 12.8. The van der Waals surface area contributed by atoms with E-state index in [-0.39, 0.29) is 5.56 Å². The Bertz CT molecular complexity index is 391. The minimum atomic E-state index is -0.921. The highest BCUT2D eigenvalue weighted by atomic mass is 16.4. The second-order valence-corrected chi connectivity index (χ2v) is 4.24. The van der Waals surface area contributed by atoms with Crippen molar-refractivity contribution in [3.05, 3.63) is 23.4 Å². The number of hydrogen-bond acceptors (Lipinski definition) is 3. The highest BCUT2D eigenvalue weighted by molar-refractivity contribution is 5.89. The zero-order valence-electron chi connectivity index (χ0n) is 10.7. The molecule has 1 aromatic heterocycles. The van der Waals surface area contributed by atoms with Crippen LogP contribution in [0.15, 0.2) is 12.1 Å². The van der Waals surface area contributed by atoms with Gasteiger partial charge >= 0.3 is 5.97 Å². The van der Waals surface area contributed by atoms with Crippen molar-refractivity contribution in [1.29, 1.82) is 0 Å². The minimum absolute atomic E-state index is 0.274. The fraction of sp³-hybridized carbons (Fsp3) is 0.538. The van der Waals surface area contributed by atoms with E-state index < -0.39 is 5.97 Å². The van der Waals surface area contributed by atoms with Crippen LogP contribution in [0.5, 0.6) is 0 Å². The van der Waals surface area contributed by atoms with E-state index in [0.29, 0.717) is 5.69 Å². The van der Waals surface area contributed by atoms with Crippen LogP contribution in [-0.2, 0) is 0 Å². The zero-order valence-corrected chi connectivity index (χ0v) is 10.7. The molecule has 0 aliphatic heterocycles. The van der Waals surface area contributed by atoms with Gasteiger partial charge in [0.1, 0.15) is 5.82 Å². The van der Waals surface area contributed by atoms with E-state index in [1.807, 2.05) is 7.05 Å². The monoisotopic (exact) mass is 236 g/mol. The van der Waals surface area contributed by atoms with E-state index in [9.17, 15) is 4.79 Å². The van der Waals surface area contributed by atoms with Gasteiger partial charge in [0.15, 0.2) is 0 Å². The van der Waals surface area contributed by atoms with Crippen LogP contribution in [0.1, 0.15) is 42.2 Å². The number of carboxylic acids is 1. The van der Waals surface area contributed by atoms with E-state index >= 15 is 0 Å². The highest BCUT2D eigenvalue weighted by Gasteiger charge is 2.10. The maximum absolute atomic E-state index is 10.9. The van der Waals surface area contributed by atoms with E-state index in [1.165, 1.54) is 12.8 Å².